The number of rotatable bonds is 2. The van der Waals surface area contributed by atoms with Gasteiger partial charge in [-0.2, -0.15) is 0 Å². The highest BCUT2D eigenvalue weighted by molar-refractivity contribution is 6.05. The lowest BCUT2D eigenvalue weighted by atomic mass is 10.0. The Morgan fingerprint density at radius 1 is 0.731 bits per heavy atom. The molecular formula is C24H17NO. The highest BCUT2D eigenvalue weighted by atomic mass is 16.3. The van der Waals surface area contributed by atoms with Crippen LogP contribution in [0.2, 0.25) is 0 Å². The molecule has 2 aromatic heterocycles. The highest BCUT2D eigenvalue weighted by Crippen LogP contribution is 2.32. The summed E-state index contributed by atoms with van der Waals surface area (Å²) in [5.74, 6) is 0. The van der Waals surface area contributed by atoms with E-state index < -0.39 is 6.85 Å². The van der Waals surface area contributed by atoms with Crippen LogP contribution in [-0.2, 0) is 0 Å². The predicted octanol–water partition coefficient (Wildman–Crippen LogP) is 6.62. The van der Waals surface area contributed by atoms with Gasteiger partial charge in [0.05, 0.1) is 5.69 Å². The topological polar surface area (TPSA) is 26.0 Å². The number of fused-ring (bicyclic) bond motifs is 3. The molecule has 0 N–H and O–H groups in total. The minimum absolute atomic E-state index is 0.247. The van der Waals surface area contributed by atoms with Gasteiger partial charge in [-0.05, 0) is 47.8 Å². The van der Waals surface area contributed by atoms with Gasteiger partial charge in [0.2, 0.25) is 0 Å². The molecule has 5 aromatic rings. The molecular weight excluding hydrogens is 318 g/mol. The molecule has 5 rings (SSSR count). The van der Waals surface area contributed by atoms with Crippen molar-refractivity contribution in [1.82, 2.24) is 4.98 Å². The van der Waals surface area contributed by atoms with Gasteiger partial charge < -0.3 is 4.42 Å². The van der Waals surface area contributed by atoms with Crippen LogP contribution in [0.15, 0.2) is 89.5 Å². The summed E-state index contributed by atoms with van der Waals surface area (Å²) < 4.78 is 28.3. The first-order valence-corrected chi connectivity index (χ1v) is 8.48. The van der Waals surface area contributed by atoms with Crippen molar-refractivity contribution >= 4 is 21.9 Å². The van der Waals surface area contributed by atoms with Gasteiger partial charge >= 0.3 is 0 Å². The number of hydrogen-bond donors (Lipinski definition) is 0. The van der Waals surface area contributed by atoms with Crippen molar-refractivity contribution < 1.29 is 8.53 Å². The summed E-state index contributed by atoms with van der Waals surface area (Å²) in [5.41, 5.74) is 5.85. The number of benzene rings is 3. The average Bonchev–Trinajstić information content (AvgIpc) is 3.11. The largest absolute Gasteiger partial charge is 0.456 e. The average molecular weight is 338 g/mol. The lowest BCUT2D eigenvalue weighted by Gasteiger charge is -2.05. The van der Waals surface area contributed by atoms with E-state index in [4.69, 9.17) is 8.53 Å². The summed E-state index contributed by atoms with van der Waals surface area (Å²) in [6.07, 6.45) is 1.42. The van der Waals surface area contributed by atoms with Crippen LogP contribution >= 0.6 is 0 Å². The van der Waals surface area contributed by atoms with Gasteiger partial charge in [-0.1, -0.05) is 54.6 Å². The first-order valence-electron chi connectivity index (χ1n) is 9.98. The van der Waals surface area contributed by atoms with E-state index in [1.165, 1.54) is 6.20 Å². The van der Waals surface area contributed by atoms with Gasteiger partial charge in [0, 0.05) is 26.6 Å². The van der Waals surface area contributed by atoms with Crippen LogP contribution in [-0.4, -0.2) is 4.98 Å². The van der Waals surface area contributed by atoms with Crippen LogP contribution in [0, 0.1) is 6.85 Å². The van der Waals surface area contributed by atoms with E-state index in [9.17, 15) is 0 Å². The Labute approximate surface area is 156 Å². The third kappa shape index (κ3) is 2.47. The molecule has 0 fully saturated rings. The SMILES string of the molecule is [2H]C([2H])([2H])c1ccc(-c2ccc(-c3ccc4c(c3)oc3ccccc34)cc2)nc1. The third-order valence-electron chi connectivity index (χ3n) is 4.66. The maximum Gasteiger partial charge on any atom is 0.136 e. The molecule has 0 saturated carbocycles. The van der Waals surface area contributed by atoms with E-state index in [2.05, 4.69) is 29.2 Å². The molecule has 0 unspecified atom stereocenters. The Morgan fingerprint density at radius 2 is 1.50 bits per heavy atom. The molecule has 0 bridgehead atoms. The summed E-state index contributed by atoms with van der Waals surface area (Å²) in [5, 5.41) is 2.23. The molecule has 2 heteroatoms. The number of hydrogen-bond acceptors (Lipinski definition) is 2. The number of aryl methyl sites for hydroxylation is 1. The molecule has 0 atom stereocenters. The zero-order chi connectivity index (χ0) is 20.0. The minimum Gasteiger partial charge on any atom is -0.456 e. The zero-order valence-corrected chi connectivity index (χ0v) is 13.9. The second kappa shape index (κ2) is 5.85. The summed E-state index contributed by atoms with van der Waals surface area (Å²) >= 11 is 0. The van der Waals surface area contributed by atoms with Crippen LogP contribution < -0.4 is 0 Å². The number of para-hydroxylation sites is 1. The van der Waals surface area contributed by atoms with Gasteiger partial charge in [0.1, 0.15) is 11.2 Å². The van der Waals surface area contributed by atoms with Crippen LogP contribution in [0.3, 0.4) is 0 Å². The van der Waals surface area contributed by atoms with E-state index in [1.54, 1.807) is 12.1 Å². The van der Waals surface area contributed by atoms with Crippen LogP contribution in [0.25, 0.3) is 44.3 Å². The monoisotopic (exact) mass is 338 g/mol. The quantitative estimate of drug-likeness (QED) is 0.361. The van der Waals surface area contributed by atoms with Crippen LogP contribution in [0.4, 0.5) is 0 Å². The minimum atomic E-state index is -2.13. The molecule has 0 aliphatic heterocycles. The Bertz CT molecular complexity index is 1320. The van der Waals surface area contributed by atoms with Crippen molar-refractivity contribution in [2.24, 2.45) is 0 Å². The molecule has 124 valence electrons. The van der Waals surface area contributed by atoms with Crippen molar-refractivity contribution in [3.8, 4) is 22.4 Å². The number of pyridine rings is 1. The first kappa shape index (κ1) is 12.0. The Hall–Kier alpha value is -3.39. The Morgan fingerprint density at radius 3 is 2.31 bits per heavy atom. The second-order valence-electron chi connectivity index (χ2n) is 6.32. The van der Waals surface area contributed by atoms with E-state index in [-0.39, 0.29) is 5.56 Å². The number of nitrogens with zero attached hydrogens (tertiary/aromatic N) is 1. The molecule has 0 spiro atoms. The van der Waals surface area contributed by atoms with E-state index >= 15 is 0 Å². The lowest BCUT2D eigenvalue weighted by molar-refractivity contribution is 0.669. The van der Waals surface area contributed by atoms with Crippen molar-refractivity contribution in [3.63, 3.8) is 0 Å². The molecule has 2 heterocycles. The van der Waals surface area contributed by atoms with Crippen molar-refractivity contribution in [2.75, 3.05) is 0 Å². The number of aromatic nitrogens is 1. The van der Waals surface area contributed by atoms with Gasteiger partial charge in [-0.15, -0.1) is 0 Å². The fraction of sp³-hybridized carbons (Fsp3) is 0.0417. The Balaban J connectivity index is 1.47. The smallest absolute Gasteiger partial charge is 0.136 e. The summed E-state index contributed by atoms with van der Waals surface area (Å²) in [6, 6.07) is 25.7. The van der Waals surface area contributed by atoms with Crippen LogP contribution in [0.5, 0.6) is 0 Å². The first-order chi connectivity index (χ1) is 14.0. The maximum absolute atomic E-state index is 7.45. The lowest BCUT2D eigenvalue weighted by Crippen LogP contribution is -1.84. The molecule has 0 saturated heterocycles. The molecule has 3 aromatic carbocycles. The Kier molecular flexibility index (Phi) is 2.71. The predicted molar refractivity (Wildman–Crippen MR) is 107 cm³/mol. The fourth-order valence-electron chi connectivity index (χ4n) is 3.30. The molecule has 0 aliphatic carbocycles. The fourth-order valence-corrected chi connectivity index (χ4v) is 3.30. The molecule has 0 amide bonds. The third-order valence-corrected chi connectivity index (χ3v) is 4.66. The summed E-state index contributed by atoms with van der Waals surface area (Å²) in [7, 11) is 0. The highest BCUT2D eigenvalue weighted by Gasteiger charge is 2.08. The van der Waals surface area contributed by atoms with Crippen molar-refractivity contribution in [2.45, 2.75) is 6.85 Å². The second-order valence-corrected chi connectivity index (χ2v) is 6.32. The standard InChI is InChI=1S/C24H17NO/c1-16-6-13-22(25-15-16)18-9-7-17(8-10-18)19-11-12-21-20-4-2-3-5-23(20)26-24(21)14-19/h2-15H,1H3/i1D3. The zero-order valence-electron chi connectivity index (χ0n) is 16.9. The maximum atomic E-state index is 7.45. The van der Waals surface area contributed by atoms with E-state index in [0.29, 0.717) is 0 Å². The van der Waals surface area contributed by atoms with Crippen molar-refractivity contribution in [3.05, 3.63) is 90.6 Å². The van der Waals surface area contributed by atoms with E-state index in [0.717, 1.165) is 44.3 Å². The molecule has 2 nitrogen and oxygen atoms in total. The molecule has 26 heavy (non-hydrogen) atoms. The summed E-state index contributed by atoms with van der Waals surface area (Å²) in [6.45, 7) is -2.13. The van der Waals surface area contributed by atoms with Gasteiger partial charge in [-0.3, -0.25) is 4.98 Å². The van der Waals surface area contributed by atoms with E-state index in [1.807, 2.05) is 42.5 Å². The van der Waals surface area contributed by atoms with Crippen molar-refractivity contribution in [1.29, 1.82) is 0 Å². The normalized spacial score (nSPS) is 13.5. The van der Waals surface area contributed by atoms with Crippen LogP contribution in [0.1, 0.15) is 9.68 Å². The van der Waals surface area contributed by atoms with Gasteiger partial charge in [-0.25, -0.2) is 0 Å². The summed E-state index contributed by atoms with van der Waals surface area (Å²) in [4.78, 5) is 4.31. The van der Waals surface area contributed by atoms with Gasteiger partial charge in [0.25, 0.3) is 0 Å². The number of furan rings is 1. The molecule has 0 radical (unpaired) electrons. The molecule has 0 aliphatic rings. The van der Waals surface area contributed by atoms with Gasteiger partial charge in [0.15, 0.2) is 0 Å².